The van der Waals surface area contributed by atoms with E-state index >= 15 is 0 Å². The molecule has 1 saturated carbocycles. The van der Waals surface area contributed by atoms with Crippen LogP contribution in [0.4, 0.5) is 11.6 Å². The number of nitrogens with one attached hydrogen (secondary N) is 2. The minimum atomic E-state index is 0.184. The Morgan fingerprint density at radius 2 is 1.94 bits per heavy atom. The number of anilines is 2. The first-order valence-corrected chi connectivity index (χ1v) is 12.9. The fourth-order valence-electron chi connectivity index (χ4n) is 5.46. The Kier molecular flexibility index (Phi) is 7.04. The van der Waals surface area contributed by atoms with E-state index in [-0.39, 0.29) is 5.41 Å². The summed E-state index contributed by atoms with van der Waals surface area (Å²) in [5, 5.41) is 7.56. The first-order valence-electron chi connectivity index (χ1n) is 12.5. The van der Waals surface area contributed by atoms with Crippen LogP contribution < -0.4 is 10.6 Å². The van der Waals surface area contributed by atoms with E-state index in [1.807, 2.05) is 37.5 Å². The highest BCUT2D eigenvalue weighted by molar-refractivity contribution is 6.30. The van der Waals surface area contributed by atoms with Gasteiger partial charge in [0.1, 0.15) is 11.3 Å². The van der Waals surface area contributed by atoms with Crippen LogP contribution in [0.15, 0.2) is 30.5 Å². The highest BCUT2D eigenvalue weighted by Gasteiger charge is 2.30. The van der Waals surface area contributed by atoms with Gasteiger partial charge in [0, 0.05) is 36.4 Å². The summed E-state index contributed by atoms with van der Waals surface area (Å²) < 4.78 is 7.91. The Morgan fingerprint density at radius 1 is 1.15 bits per heavy atom. The fourth-order valence-corrected chi connectivity index (χ4v) is 5.65. The second kappa shape index (κ2) is 10.2. The third-order valence-electron chi connectivity index (χ3n) is 7.52. The highest BCUT2D eigenvalue weighted by atomic mass is 35.5. The Labute approximate surface area is 206 Å². The second-order valence-corrected chi connectivity index (χ2v) is 10.7. The molecule has 0 bridgehead atoms. The molecule has 8 heteroatoms. The molecule has 0 radical (unpaired) electrons. The molecule has 7 nitrogen and oxygen atoms in total. The van der Waals surface area contributed by atoms with Crippen LogP contribution in [0.3, 0.4) is 0 Å². The molecule has 0 amide bonds. The van der Waals surface area contributed by atoms with Gasteiger partial charge < -0.3 is 15.4 Å². The SMILES string of the molecule is CNCC1CCC(n2c(Nc3cccc(Cl)c3)nc3cnc(CC4(C)CCOCC4)nc32)CC1. The Balaban J connectivity index is 1.49. The van der Waals surface area contributed by atoms with Crippen LogP contribution in [0.1, 0.15) is 57.3 Å². The Hall–Kier alpha value is -2.22. The molecule has 1 saturated heterocycles. The maximum absolute atomic E-state index is 6.25. The highest BCUT2D eigenvalue weighted by Crippen LogP contribution is 2.38. The van der Waals surface area contributed by atoms with Gasteiger partial charge in [0.2, 0.25) is 5.95 Å². The number of halogens is 1. The molecule has 182 valence electrons. The zero-order chi connectivity index (χ0) is 23.5. The quantitative estimate of drug-likeness (QED) is 0.461. The van der Waals surface area contributed by atoms with Crippen molar-refractivity contribution in [3.63, 3.8) is 0 Å². The molecule has 2 N–H and O–H groups in total. The van der Waals surface area contributed by atoms with Crippen LogP contribution >= 0.6 is 11.6 Å². The minimum Gasteiger partial charge on any atom is -0.381 e. The van der Waals surface area contributed by atoms with E-state index in [0.29, 0.717) is 11.1 Å². The molecule has 3 aromatic rings. The van der Waals surface area contributed by atoms with Gasteiger partial charge in [-0.2, -0.15) is 0 Å². The average Bonchev–Trinajstić information content (AvgIpc) is 3.17. The standard InChI is InChI=1S/C26H35ClN6O/c1-26(10-12-34-13-11-26)15-23-29-17-22-24(32-23)33(21-8-6-18(7-9-21)16-28-2)25(31-22)30-20-5-3-4-19(27)14-20/h3-5,14,17-18,21,28H,6-13,15-16H2,1-2H3,(H,30,31). The van der Waals surface area contributed by atoms with Gasteiger partial charge in [-0.1, -0.05) is 24.6 Å². The fraction of sp³-hybridized carbons (Fsp3) is 0.577. The van der Waals surface area contributed by atoms with E-state index < -0.39 is 0 Å². The van der Waals surface area contributed by atoms with Crippen molar-refractivity contribution in [3.05, 3.63) is 41.3 Å². The molecule has 1 aromatic carbocycles. The van der Waals surface area contributed by atoms with Gasteiger partial charge in [-0.15, -0.1) is 0 Å². The molecule has 3 heterocycles. The molecular formula is C26H35ClN6O. The van der Waals surface area contributed by atoms with Gasteiger partial charge in [0.05, 0.1) is 6.20 Å². The number of ether oxygens (including phenoxy) is 1. The lowest BCUT2D eigenvalue weighted by atomic mass is 9.79. The van der Waals surface area contributed by atoms with Crippen molar-refractivity contribution in [2.45, 2.75) is 57.9 Å². The summed E-state index contributed by atoms with van der Waals surface area (Å²) in [6, 6.07) is 8.14. The number of fused-ring (bicyclic) bond motifs is 1. The molecule has 2 aliphatic rings. The van der Waals surface area contributed by atoms with Gasteiger partial charge >= 0.3 is 0 Å². The number of benzene rings is 1. The van der Waals surface area contributed by atoms with Crippen molar-refractivity contribution < 1.29 is 4.74 Å². The number of imidazole rings is 1. The topological polar surface area (TPSA) is 76.9 Å². The molecule has 0 spiro atoms. The predicted molar refractivity (Wildman–Crippen MR) is 137 cm³/mol. The third-order valence-corrected chi connectivity index (χ3v) is 7.76. The molecule has 1 aliphatic carbocycles. The van der Waals surface area contributed by atoms with Crippen molar-refractivity contribution in [2.75, 3.05) is 32.1 Å². The average molecular weight is 483 g/mol. The van der Waals surface area contributed by atoms with Crippen LogP contribution in [-0.2, 0) is 11.2 Å². The molecule has 2 fully saturated rings. The van der Waals surface area contributed by atoms with E-state index in [1.54, 1.807) is 0 Å². The maximum Gasteiger partial charge on any atom is 0.209 e. The van der Waals surface area contributed by atoms with Crippen LogP contribution in [0.5, 0.6) is 0 Å². The first kappa shape index (κ1) is 23.5. The minimum absolute atomic E-state index is 0.184. The van der Waals surface area contributed by atoms with Crippen LogP contribution in [0, 0.1) is 11.3 Å². The normalized spacial score (nSPS) is 22.7. The summed E-state index contributed by atoms with van der Waals surface area (Å²) in [5.74, 6) is 2.45. The summed E-state index contributed by atoms with van der Waals surface area (Å²) >= 11 is 6.25. The van der Waals surface area contributed by atoms with Crippen LogP contribution in [0.25, 0.3) is 11.2 Å². The first-order chi connectivity index (χ1) is 16.5. The summed E-state index contributed by atoms with van der Waals surface area (Å²) in [4.78, 5) is 14.7. The molecule has 0 unspecified atom stereocenters. The van der Waals surface area contributed by atoms with Crippen molar-refractivity contribution in [1.29, 1.82) is 0 Å². The van der Waals surface area contributed by atoms with Gasteiger partial charge in [-0.05, 0) is 81.6 Å². The monoisotopic (exact) mass is 482 g/mol. The van der Waals surface area contributed by atoms with Gasteiger partial charge in [-0.25, -0.2) is 15.0 Å². The molecule has 2 aromatic heterocycles. The molecule has 0 atom stereocenters. The summed E-state index contributed by atoms with van der Waals surface area (Å²) in [6.45, 7) is 5.05. The van der Waals surface area contributed by atoms with E-state index in [4.69, 9.17) is 31.3 Å². The number of aromatic nitrogens is 4. The molecular weight excluding hydrogens is 448 g/mol. The third kappa shape index (κ3) is 5.21. The zero-order valence-electron chi connectivity index (χ0n) is 20.2. The van der Waals surface area contributed by atoms with E-state index in [0.717, 1.165) is 86.4 Å². The summed E-state index contributed by atoms with van der Waals surface area (Å²) in [5.41, 5.74) is 2.88. The van der Waals surface area contributed by atoms with E-state index in [2.05, 4.69) is 22.1 Å². The van der Waals surface area contributed by atoms with E-state index in [1.165, 1.54) is 12.8 Å². The summed E-state index contributed by atoms with van der Waals surface area (Å²) in [6.07, 6.45) is 9.51. The predicted octanol–water partition coefficient (Wildman–Crippen LogP) is 5.53. The second-order valence-electron chi connectivity index (χ2n) is 10.3. The Morgan fingerprint density at radius 3 is 2.68 bits per heavy atom. The van der Waals surface area contributed by atoms with Gasteiger partial charge in [0.25, 0.3) is 0 Å². The molecule has 1 aliphatic heterocycles. The number of hydrogen-bond acceptors (Lipinski definition) is 6. The lowest BCUT2D eigenvalue weighted by Crippen LogP contribution is -2.29. The zero-order valence-corrected chi connectivity index (χ0v) is 20.9. The van der Waals surface area contributed by atoms with Crippen molar-refractivity contribution in [2.24, 2.45) is 11.3 Å². The largest absolute Gasteiger partial charge is 0.381 e. The lowest BCUT2D eigenvalue weighted by molar-refractivity contribution is 0.0232. The van der Waals surface area contributed by atoms with Gasteiger partial charge in [0.15, 0.2) is 5.65 Å². The van der Waals surface area contributed by atoms with E-state index in [9.17, 15) is 0 Å². The molecule has 34 heavy (non-hydrogen) atoms. The molecule has 5 rings (SSSR count). The van der Waals surface area contributed by atoms with Crippen molar-refractivity contribution in [1.82, 2.24) is 24.8 Å². The number of hydrogen-bond donors (Lipinski definition) is 2. The van der Waals surface area contributed by atoms with Crippen LogP contribution in [-0.4, -0.2) is 46.3 Å². The van der Waals surface area contributed by atoms with Crippen LogP contribution in [0.2, 0.25) is 5.02 Å². The number of nitrogens with zero attached hydrogens (tertiary/aromatic N) is 4. The van der Waals surface area contributed by atoms with Gasteiger partial charge in [-0.3, -0.25) is 4.57 Å². The lowest BCUT2D eigenvalue weighted by Gasteiger charge is -2.33. The number of rotatable bonds is 7. The van der Waals surface area contributed by atoms with Crippen molar-refractivity contribution >= 4 is 34.4 Å². The maximum atomic E-state index is 6.25. The summed E-state index contributed by atoms with van der Waals surface area (Å²) in [7, 11) is 2.04. The Bertz CT molecular complexity index is 1120. The van der Waals surface area contributed by atoms with Crippen molar-refractivity contribution in [3.8, 4) is 0 Å². The smallest absolute Gasteiger partial charge is 0.209 e.